The summed E-state index contributed by atoms with van der Waals surface area (Å²) in [5.74, 6) is 10.2. The Morgan fingerprint density at radius 2 is 1.74 bits per heavy atom. The smallest absolute Gasteiger partial charge is 0.141 e. The molecule has 9 heteroatoms. The molecule has 1 aromatic heterocycles. The molecule has 0 spiro atoms. The van der Waals surface area contributed by atoms with Crippen LogP contribution in [0.2, 0.25) is 0 Å². The summed E-state index contributed by atoms with van der Waals surface area (Å²) in [6.45, 7) is 3.71. The fourth-order valence-electron chi connectivity index (χ4n) is 2.01. The van der Waals surface area contributed by atoms with Gasteiger partial charge in [0.05, 0.1) is 18.1 Å². The summed E-state index contributed by atoms with van der Waals surface area (Å²) in [6, 6.07) is 0. The molecule has 0 atom stereocenters. The lowest BCUT2D eigenvalue weighted by Gasteiger charge is -2.34. The van der Waals surface area contributed by atoms with E-state index in [1.807, 2.05) is 0 Å². The lowest BCUT2D eigenvalue weighted by atomic mass is 10.2. The third-order valence-electron chi connectivity index (χ3n) is 3.05. The number of hydrogen-bond donors (Lipinski definition) is 2. The molecule has 1 aliphatic heterocycles. The molecular weight excluding hydrogens is 246 g/mol. The van der Waals surface area contributed by atoms with Crippen molar-refractivity contribution in [3.8, 4) is 0 Å². The Bertz CT molecular complexity index is 476. The van der Waals surface area contributed by atoms with E-state index in [0.717, 1.165) is 31.9 Å². The predicted molar refractivity (Wildman–Crippen MR) is 71.4 cm³/mol. The summed E-state index contributed by atoms with van der Waals surface area (Å²) in [6.07, 6.45) is 3.25. The molecule has 102 valence electrons. The van der Waals surface area contributed by atoms with Gasteiger partial charge in [-0.3, -0.25) is 4.98 Å². The summed E-state index contributed by atoms with van der Waals surface area (Å²) < 4.78 is 0. The van der Waals surface area contributed by atoms with Gasteiger partial charge in [-0.15, -0.1) is 10.2 Å². The van der Waals surface area contributed by atoms with Crippen molar-refractivity contribution >= 4 is 17.1 Å². The highest BCUT2D eigenvalue weighted by molar-refractivity contribution is 5.76. The van der Waals surface area contributed by atoms with Crippen LogP contribution in [0.3, 0.4) is 0 Å². The first-order valence-electron chi connectivity index (χ1n) is 5.89. The molecule has 4 N–H and O–H groups in total. The largest absolute Gasteiger partial charge is 0.366 e. The average Bonchev–Trinajstić information content (AvgIpc) is 2.42. The van der Waals surface area contributed by atoms with Crippen LogP contribution in [0.4, 0.5) is 17.1 Å². The van der Waals surface area contributed by atoms with Crippen molar-refractivity contribution in [1.82, 2.24) is 9.88 Å². The number of nitrogens with two attached hydrogens (primary N) is 2. The van der Waals surface area contributed by atoms with E-state index in [0.29, 0.717) is 11.4 Å². The van der Waals surface area contributed by atoms with Gasteiger partial charge in [-0.25, -0.2) is 0 Å². The second-order valence-electron chi connectivity index (χ2n) is 4.25. The third kappa shape index (κ3) is 2.94. The molecule has 0 aromatic carbocycles. The van der Waals surface area contributed by atoms with E-state index >= 15 is 0 Å². The van der Waals surface area contributed by atoms with Crippen molar-refractivity contribution in [2.45, 2.75) is 0 Å². The molecule has 0 saturated carbocycles. The molecule has 9 nitrogen and oxygen atoms in total. The topological polar surface area (TPSA) is 121 Å². The van der Waals surface area contributed by atoms with Gasteiger partial charge in [-0.05, 0) is 7.05 Å². The first-order valence-corrected chi connectivity index (χ1v) is 5.89. The summed E-state index contributed by atoms with van der Waals surface area (Å²) in [5.41, 5.74) is 1.83. The highest BCUT2D eigenvalue weighted by atomic mass is 15.3. The van der Waals surface area contributed by atoms with Crippen molar-refractivity contribution in [2.24, 2.45) is 32.4 Å². The molecular formula is C10H17N9. The van der Waals surface area contributed by atoms with Crippen LogP contribution in [0.1, 0.15) is 0 Å². The number of pyridine rings is 1. The van der Waals surface area contributed by atoms with Gasteiger partial charge in [0, 0.05) is 26.2 Å². The number of likely N-dealkylation sites (N-methyl/N-ethyl adjacent to an activating group) is 1. The van der Waals surface area contributed by atoms with Gasteiger partial charge >= 0.3 is 0 Å². The van der Waals surface area contributed by atoms with Crippen LogP contribution < -0.4 is 16.6 Å². The summed E-state index contributed by atoms with van der Waals surface area (Å²) >= 11 is 0. The number of aromatic nitrogens is 1. The molecule has 2 heterocycles. The third-order valence-corrected chi connectivity index (χ3v) is 3.05. The fraction of sp³-hybridized carbons (Fsp3) is 0.500. The quantitative estimate of drug-likeness (QED) is 0.473. The Balaban J connectivity index is 2.36. The molecule has 0 aliphatic carbocycles. The maximum Gasteiger partial charge on any atom is 0.141 e. The molecule has 0 unspecified atom stereocenters. The molecule has 1 fully saturated rings. The normalized spacial score (nSPS) is 17.6. The van der Waals surface area contributed by atoms with E-state index in [4.69, 9.17) is 11.7 Å². The maximum atomic E-state index is 5.15. The van der Waals surface area contributed by atoms with Crippen LogP contribution in [0.25, 0.3) is 0 Å². The standard InChI is InChI=1S/C10H17N9/c1-18-2-4-19(5-3-18)9-7-13-6-8(14-16-11)10(9)15-17-12/h6-7H,2-5H2,1H3,(H2,11,14)(H2,12,13,15). The van der Waals surface area contributed by atoms with E-state index in [-0.39, 0.29) is 0 Å². The summed E-state index contributed by atoms with van der Waals surface area (Å²) in [7, 11) is 2.09. The van der Waals surface area contributed by atoms with Crippen molar-refractivity contribution < 1.29 is 0 Å². The number of hydrogen-bond acceptors (Lipinski definition) is 7. The fourth-order valence-corrected chi connectivity index (χ4v) is 2.01. The minimum Gasteiger partial charge on any atom is -0.366 e. The first kappa shape index (κ1) is 13.1. The number of anilines is 1. The average molecular weight is 263 g/mol. The molecule has 19 heavy (non-hydrogen) atoms. The monoisotopic (exact) mass is 263 g/mol. The lowest BCUT2D eigenvalue weighted by Crippen LogP contribution is -2.44. The van der Waals surface area contributed by atoms with Crippen LogP contribution >= 0.6 is 0 Å². The maximum absolute atomic E-state index is 5.15. The zero-order chi connectivity index (χ0) is 13.7. The lowest BCUT2D eigenvalue weighted by molar-refractivity contribution is 0.313. The van der Waals surface area contributed by atoms with E-state index in [1.165, 1.54) is 6.20 Å². The molecule has 1 aromatic rings. The number of piperazine rings is 1. The zero-order valence-corrected chi connectivity index (χ0v) is 10.8. The first-order chi connectivity index (χ1) is 9.26. The van der Waals surface area contributed by atoms with Gasteiger partial charge in [-0.2, -0.15) is 0 Å². The van der Waals surface area contributed by atoms with Gasteiger partial charge in [0.25, 0.3) is 0 Å². The molecule has 0 amide bonds. The van der Waals surface area contributed by atoms with E-state index in [9.17, 15) is 0 Å². The van der Waals surface area contributed by atoms with Gasteiger partial charge in [-0.1, -0.05) is 10.4 Å². The highest BCUT2D eigenvalue weighted by Gasteiger charge is 2.19. The summed E-state index contributed by atoms with van der Waals surface area (Å²) in [4.78, 5) is 8.57. The highest BCUT2D eigenvalue weighted by Crippen LogP contribution is 2.37. The van der Waals surface area contributed by atoms with Gasteiger partial charge < -0.3 is 21.5 Å². The SMILES string of the molecule is CN1CCN(c2cncc(N=NN)c2N=NN)CC1. The molecule has 0 radical (unpaired) electrons. The van der Waals surface area contributed by atoms with E-state index in [1.54, 1.807) is 6.20 Å². The molecule has 1 saturated heterocycles. The number of rotatable bonds is 3. The second-order valence-corrected chi connectivity index (χ2v) is 4.25. The van der Waals surface area contributed by atoms with Crippen molar-refractivity contribution in [3.05, 3.63) is 12.4 Å². The minimum absolute atomic E-state index is 0.452. The van der Waals surface area contributed by atoms with E-state index in [2.05, 4.69) is 42.5 Å². The van der Waals surface area contributed by atoms with Crippen molar-refractivity contribution in [3.63, 3.8) is 0 Å². The van der Waals surface area contributed by atoms with Crippen LogP contribution in [-0.2, 0) is 0 Å². The van der Waals surface area contributed by atoms with Gasteiger partial charge in [0.1, 0.15) is 11.4 Å². The Hall–Kier alpha value is -2.29. The molecule has 0 bridgehead atoms. The van der Waals surface area contributed by atoms with Crippen LogP contribution in [0.5, 0.6) is 0 Å². The van der Waals surface area contributed by atoms with Crippen LogP contribution in [0.15, 0.2) is 33.1 Å². The minimum atomic E-state index is 0.452. The second kappa shape index (κ2) is 6.05. The number of nitrogens with zero attached hydrogens (tertiary/aromatic N) is 7. The van der Waals surface area contributed by atoms with Crippen LogP contribution in [0, 0.1) is 0 Å². The Labute approximate surface area is 111 Å². The Kier molecular flexibility index (Phi) is 4.18. The molecule has 2 rings (SSSR count). The Morgan fingerprint density at radius 1 is 1.05 bits per heavy atom. The zero-order valence-electron chi connectivity index (χ0n) is 10.8. The predicted octanol–water partition coefficient (Wildman–Crippen LogP) is 0.748. The Morgan fingerprint density at radius 3 is 2.37 bits per heavy atom. The van der Waals surface area contributed by atoms with E-state index < -0.39 is 0 Å². The van der Waals surface area contributed by atoms with Gasteiger partial charge in [0.2, 0.25) is 0 Å². The van der Waals surface area contributed by atoms with Crippen molar-refractivity contribution in [2.75, 3.05) is 38.1 Å². The van der Waals surface area contributed by atoms with Crippen LogP contribution in [-0.4, -0.2) is 43.1 Å². The van der Waals surface area contributed by atoms with Gasteiger partial charge in [0.15, 0.2) is 0 Å². The summed E-state index contributed by atoms with van der Waals surface area (Å²) in [5, 5.41) is 14.3. The molecule has 1 aliphatic rings. The van der Waals surface area contributed by atoms with Crippen molar-refractivity contribution in [1.29, 1.82) is 0 Å².